The first-order valence-electron chi connectivity index (χ1n) is 4.54. The third kappa shape index (κ3) is 4.12. The molecule has 76 valence electrons. The second-order valence-corrected chi connectivity index (χ2v) is 4.21. The predicted molar refractivity (Wildman–Crippen MR) is 48.6 cm³/mol. The van der Waals surface area contributed by atoms with Crippen LogP contribution in [-0.2, 0) is 9.47 Å². The zero-order valence-corrected chi connectivity index (χ0v) is 8.42. The first kappa shape index (κ1) is 10.3. The first-order valence-corrected chi connectivity index (χ1v) is 4.54. The Morgan fingerprint density at radius 2 is 2.23 bits per heavy atom. The third-order valence-corrected chi connectivity index (χ3v) is 1.65. The molecule has 1 amide bonds. The Labute approximate surface area is 78.6 Å². The van der Waals surface area contributed by atoms with Crippen LogP contribution >= 0.6 is 0 Å². The predicted octanol–water partition coefficient (Wildman–Crippen LogP) is 1.30. The average Bonchev–Trinajstić information content (AvgIpc) is 2.34. The number of nitrogens with one attached hydrogen (secondary N) is 1. The summed E-state index contributed by atoms with van der Waals surface area (Å²) in [5, 5.41) is 2.75. The van der Waals surface area contributed by atoms with E-state index in [2.05, 4.69) is 5.32 Å². The Hall–Kier alpha value is -0.770. The van der Waals surface area contributed by atoms with E-state index in [9.17, 15) is 4.79 Å². The fourth-order valence-corrected chi connectivity index (χ4v) is 1.12. The van der Waals surface area contributed by atoms with Crippen LogP contribution in [0.5, 0.6) is 0 Å². The number of rotatable bonds is 1. The molecule has 0 aromatic carbocycles. The quantitative estimate of drug-likeness (QED) is 0.673. The summed E-state index contributed by atoms with van der Waals surface area (Å²) in [4.78, 5) is 11.2. The molecule has 1 fully saturated rings. The molecule has 0 saturated carbocycles. The average molecular weight is 187 g/mol. The molecule has 4 nitrogen and oxygen atoms in total. The molecular formula is C9H17NO3. The Kier molecular flexibility index (Phi) is 3.14. The molecule has 0 aliphatic carbocycles. The van der Waals surface area contributed by atoms with Crippen molar-refractivity contribution in [2.45, 2.75) is 38.8 Å². The van der Waals surface area contributed by atoms with Gasteiger partial charge in [0.05, 0.1) is 12.6 Å². The molecule has 1 aliphatic heterocycles. The van der Waals surface area contributed by atoms with Crippen molar-refractivity contribution in [3.63, 3.8) is 0 Å². The summed E-state index contributed by atoms with van der Waals surface area (Å²) >= 11 is 0. The third-order valence-electron chi connectivity index (χ3n) is 1.65. The van der Waals surface area contributed by atoms with Crippen LogP contribution in [0.4, 0.5) is 4.79 Å². The largest absolute Gasteiger partial charge is 0.444 e. The SMILES string of the molecule is CC(C)(C)OC(=O)N[C@H]1CCOC1. The van der Waals surface area contributed by atoms with Gasteiger partial charge in [-0.15, -0.1) is 0 Å². The zero-order chi connectivity index (χ0) is 9.90. The lowest BCUT2D eigenvalue weighted by Gasteiger charge is -2.21. The maximum atomic E-state index is 11.2. The van der Waals surface area contributed by atoms with Gasteiger partial charge in [-0.05, 0) is 27.2 Å². The number of amides is 1. The fourth-order valence-electron chi connectivity index (χ4n) is 1.12. The number of carbonyl (C=O) groups excluding carboxylic acids is 1. The van der Waals surface area contributed by atoms with Crippen molar-refractivity contribution in [1.29, 1.82) is 0 Å². The van der Waals surface area contributed by atoms with E-state index < -0.39 is 5.60 Å². The highest BCUT2D eigenvalue weighted by atomic mass is 16.6. The number of hydrogen-bond donors (Lipinski definition) is 1. The molecule has 0 bridgehead atoms. The minimum Gasteiger partial charge on any atom is -0.444 e. The van der Waals surface area contributed by atoms with Gasteiger partial charge in [-0.1, -0.05) is 0 Å². The minimum absolute atomic E-state index is 0.120. The highest BCUT2D eigenvalue weighted by molar-refractivity contribution is 5.68. The van der Waals surface area contributed by atoms with Crippen LogP contribution in [0.1, 0.15) is 27.2 Å². The van der Waals surface area contributed by atoms with Crippen LogP contribution in [0, 0.1) is 0 Å². The second kappa shape index (κ2) is 3.96. The van der Waals surface area contributed by atoms with E-state index in [-0.39, 0.29) is 12.1 Å². The van der Waals surface area contributed by atoms with Crippen molar-refractivity contribution in [2.75, 3.05) is 13.2 Å². The van der Waals surface area contributed by atoms with Crippen molar-refractivity contribution in [3.8, 4) is 0 Å². The molecule has 1 saturated heterocycles. The highest BCUT2D eigenvalue weighted by Gasteiger charge is 2.21. The smallest absolute Gasteiger partial charge is 0.407 e. The molecule has 4 heteroatoms. The van der Waals surface area contributed by atoms with Crippen LogP contribution in [0.15, 0.2) is 0 Å². The number of hydrogen-bond acceptors (Lipinski definition) is 3. The summed E-state index contributed by atoms with van der Waals surface area (Å²) in [6.45, 7) is 6.85. The van der Waals surface area contributed by atoms with Crippen molar-refractivity contribution in [2.24, 2.45) is 0 Å². The topological polar surface area (TPSA) is 47.6 Å². The van der Waals surface area contributed by atoms with E-state index in [0.29, 0.717) is 6.61 Å². The van der Waals surface area contributed by atoms with Gasteiger partial charge < -0.3 is 14.8 Å². The van der Waals surface area contributed by atoms with Crippen molar-refractivity contribution >= 4 is 6.09 Å². The normalized spacial score (nSPS) is 22.8. The summed E-state index contributed by atoms with van der Waals surface area (Å²) in [7, 11) is 0. The Morgan fingerprint density at radius 1 is 1.54 bits per heavy atom. The van der Waals surface area contributed by atoms with Gasteiger partial charge in [0.15, 0.2) is 0 Å². The summed E-state index contributed by atoms with van der Waals surface area (Å²) in [5.74, 6) is 0. The van der Waals surface area contributed by atoms with Gasteiger partial charge in [0.2, 0.25) is 0 Å². The standard InChI is InChI=1S/C9H17NO3/c1-9(2,3)13-8(11)10-7-4-5-12-6-7/h7H,4-6H2,1-3H3,(H,10,11)/t7-/m0/s1. The van der Waals surface area contributed by atoms with E-state index in [1.165, 1.54) is 0 Å². The van der Waals surface area contributed by atoms with E-state index in [4.69, 9.17) is 9.47 Å². The van der Waals surface area contributed by atoms with Gasteiger partial charge in [-0.3, -0.25) is 0 Å². The summed E-state index contributed by atoms with van der Waals surface area (Å²) in [6.07, 6.45) is 0.516. The minimum atomic E-state index is -0.427. The van der Waals surface area contributed by atoms with Gasteiger partial charge in [0, 0.05) is 6.61 Å². The molecule has 1 aliphatic rings. The number of carbonyl (C=O) groups is 1. The zero-order valence-electron chi connectivity index (χ0n) is 8.42. The summed E-state index contributed by atoms with van der Waals surface area (Å²) < 4.78 is 10.2. The highest BCUT2D eigenvalue weighted by Crippen LogP contribution is 2.08. The Morgan fingerprint density at radius 3 is 2.69 bits per heavy atom. The lowest BCUT2D eigenvalue weighted by Crippen LogP contribution is -2.39. The molecule has 13 heavy (non-hydrogen) atoms. The lowest BCUT2D eigenvalue weighted by molar-refractivity contribution is 0.0499. The van der Waals surface area contributed by atoms with Crippen LogP contribution in [-0.4, -0.2) is 30.9 Å². The van der Waals surface area contributed by atoms with Crippen molar-refractivity contribution in [3.05, 3.63) is 0 Å². The van der Waals surface area contributed by atoms with E-state index in [0.717, 1.165) is 13.0 Å². The van der Waals surface area contributed by atoms with Crippen molar-refractivity contribution < 1.29 is 14.3 Å². The second-order valence-electron chi connectivity index (χ2n) is 4.21. The maximum absolute atomic E-state index is 11.2. The van der Waals surface area contributed by atoms with Gasteiger partial charge in [0.1, 0.15) is 5.60 Å². The van der Waals surface area contributed by atoms with Gasteiger partial charge >= 0.3 is 6.09 Å². The Bertz CT molecular complexity index is 180. The maximum Gasteiger partial charge on any atom is 0.407 e. The number of ether oxygens (including phenoxy) is 2. The molecule has 0 spiro atoms. The molecular weight excluding hydrogens is 170 g/mol. The molecule has 0 radical (unpaired) electrons. The van der Waals surface area contributed by atoms with E-state index in [1.807, 2.05) is 20.8 Å². The summed E-state index contributed by atoms with van der Waals surface area (Å²) in [6, 6.07) is 0.120. The van der Waals surface area contributed by atoms with Crippen LogP contribution in [0.25, 0.3) is 0 Å². The molecule has 1 rings (SSSR count). The van der Waals surface area contributed by atoms with Crippen LogP contribution in [0.3, 0.4) is 0 Å². The molecule has 1 heterocycles. The summed E-state index contributed by atoms with van der Waals surface area (Å²) in [5.41, 5.74) is -0.427. The van der Waals surface area contributed by atoms with Gasteiger partial charge in [-0.25, -0.2) is 4.79 Å². The Balaban J connectivity index is 2.24. The van der Waals surface area contributed by atoms with Crippen molar-refractivity contribution in [1.82, 2.24) is 5.32 Å². The van der Waals surface area contributed by atoms with Gasteiger partial charge in [0.25, 0.3) is 0 Å². The molecule has 1 N–H and O–H groups in total. The van der Waals surface area contributed by atoms with Gasteiger partial charge in [-0.2, -0.15) is 0 Å². The van der Waals surface area contributed by atoms with E-state index >= 15 is 0 Å². The molecule has 1 atom stereocenters. The monoisotopic (exact) mass is 187 g/mol. The first-order chi connectivity index (χ1) is 5.97. The fraction of sp³-hybridized carbons (Fsp3) is 0.889. The molecule has 0 aromatic heterocycles. The van der Waals surface area contributed by atoms with E-state index in [1.54, 1.807) is 0 Å². The molecule has 0 unspecified atom stereocenters. The number of alkyl carbamates (subject to hydrolysis) is 1. The molecule has 0 aromatic rings. The van der Waals surface area contributed by atoms with Crippen LogP contribution < -0.4 is 5.32 Å². The van der Waals surface area contributed by atoms with Crippen LogP contribution in [0.2, 0.25) is 0 Å². The lowest BCUT2D eigenvalue weighted by atomic mass is 10.2.